The summed E-state index contributed by atoms with van der Waals surface area (Å²) in [6.07, 6.45) is -1.89. The van der Waals surface area contributed by atoms with E-state index in [1.54, 1.807) is 12.1 Å². The lowest BCUT2D eigenvalue weighted by atomic mass is 9.99. The fraction of sp³-hybridized carbons (Fsp3) is 0.176. The van der Waals surface area contributed by atoms with E-state index in [1.807, 2.05) is 0 Å². The number of nitrogens with zero attached hydrogens (tertiary/aromatic N) is 1. The SMILES string of the molecule is NC(=O)c1cc(C(F)(F)F)ccc1C[CH]C(=O)NCc1ccc(N)nc1. The van der Waals surface area contributed by atoms with E-state index in [9.17, 15) is 22.8 Å². The molecule has 1 aromatic heterocycles. The van der Waals surface area contributed by atoms with Gasteiger partial charge in [-0.05, 0) is 35.7 Å². The van der Waals surface area contributed by atoms with Crippen LogP contribution in [0.3, 0.4) is 0 Å². The number of pyridine rings is 1. The van der Waals surface area contributed by atoms with Gasteiger partial charge in [0.1, 0.15) is 5.82 Å². The number of carbonyl (C=O) groups is 2. The quantitative estimate of drug-likeness (QED) is 0.725. The fourth-order valence-corrected chi connectivity index (χ4v) is 2.16. The van der Waals surface area contributed by atoms with Gasteiger partial charge in [0.15, 0.2) is 0 Å². The van der Waals surface area contributed by atoms with Crippen LogP contribution in [0.2, 0.25) is 0 Å². The van der Waals surface area contributed by atoms with Gasteiger partial charge in [0, 0.05) is 18.3 Å². The van der Waals surface area contributed by atoms with Crippen molar-refractivity contribution in [1.82, 2.24) is 10.3 Å². The number of hydrogen-bond acceptors (Lipinski definition) is 4. The summed E-state index contributed by atoms with van der Waals surface area (Å²) in [4.78, 5) is 27.1. The van der Waals surface area contributed by atoms with Gasteiger partial charge in [0.05, 0.1) is 12.0 Å². The number of anilines is 1. The Labute approximate surface area is 147 Å². The molecular weight excluding hydrogens is 349 g/mol. The maximum Gasteiger partial charge on any atom is 0.416 e. The standard InChI is InChI=1S/C17H16F3N4O2/c18-17(19,20)12-4-2-11(13(7-12)16(22)26)3-6-15(25)24-9-10-1-5-14(21)23-8-10/h1-2,4-8H,3,9H2,(H2,21,23)(H2,22,26)(H,24,25). The van der Waals surface area contributed by atoms with Crippen LogP contribution in [0.15, 0.2) is 36.5 Å². The van der Waals surface area contributed by atoms with Crippen LogP contribution in [-0.2, 0) is 23.9 Å². The Morgan fingerprint density at radius 3 is 2.50 bits per heavy atom. The van der Waals surface area contributed by atoms with E-state index in [2.05, 4.69) is 10.3 Å². The molecule has 5 N–H and O–H groups in total. The van der Waals surface area contributed by atoms with Crippen LogP contribution in [-0.4, -0.2) is 16.8 Å². The van der Waals surface area contributed by atoms with Gasteiger partial charge in [-0.3, -0.25) is 9.59 Å². The van der Waals surface area contributed by atoms with Crippen LogP contribution >= 0.6 is 0 Å². The maximum atomic E-state index is 12.7. The van der Waals surface area contributed by atoms with Crippen molar-refractivity contribution in [3.63, 3.8) is 0 Å². The van der Waals surface area contributed by atoms with Gasteiger partial charge in [-0.25, -0.2) is 4.98 Å². The molecule has 0 unspecified atom stereocenters. The molecule has 137 valence electrons. The molecule has 9 heteroatoms. The van der Waals surface area contributed by atoms with E-state index in [-0.39, 0.29) is 24.1 Å². The van der Waals surface area contributed by atoms with Crippen molar-refractivity contribution in [2.24, 2.45) is 5.73 Å². The zero-order valence-electron chi connectivity index (χ0n) is 13.5. The normalized spacial score (nSPS) is 11.2. The summed E-state index contributed by atoms with van der Waals surface area (Å²) >= 11 is 0. The number of hydrogen-bond donors (Lipinski definition) is 3. The molecule has 0 aliphatic carbocycles. The summed E-state index contributed by atoms with van der Waals surface area (Å²) in [5, 5.41) is 2.60. The molecule has 26 heavy (non-hydrogen) atoms. The van der Waals surface area contributed by atoms with Crippen molar-refractivity contribution in [1.29, 1.82) is 0 Å². The first-order chi connectivity index (χ1) is 12.2. The first kappa shape index (κ1) is 19.2. The highest BCUT2D eigenvalue weighted by atomic mass is 19.4. The molecule has 0 aliphatic heterocycles. The van der Waals surface area contributed by atoms with Crippen LogP contribution in [0.4, 0.5) is 19.0 Å². The van der Waals surface area contributed by atoms with Crippen molar-refractivity contribution in [2.45, 2.75) is 19.1 Å². The number of nitrogens with one attached hydrogen (secondary N) is 1. The van der Waals surface area contributed by atoms with Crippen LogP contribution < -0.4 is 16.8 Å². The molecule has 1 radical (unpaired) electrons. The predicted octanol–water partition coefficient (Wildman–Crippen LogP) is 1.84. The molecule has 0 spiro atoms. The smallest absolute Gasteiger partial charge is 0.384 e. The first-order valence-corrected chi connectivity index (χ1v) is 7.48. The van der Waals surface area contributed by atoms with E-state index in [1.165, 1.54) is 12.6 Å². The third kappa shape index (κ3) is 5.20. The fourth-order valence-electron chi connectivity index (χ4n) is 2.16. The summed E-state index contributed by atoms with van der Waals surface area (Å²) in [5.74, 6) is -1.09. The molecule has 1 aromatic carbocycles. The minimum Gasteiger partial charge on any atom is -0.384 e. The summed E-state index contributed by atoms with van der Waals surface area (Å²) in [6, 6.07) is 5.95. The molecule has 2 amide bonds. The molecule has 0 saturated carbocycles. The second-order valence-electron chi connectivity index (χ2n) is 5.45. The molecular formula is C17H16F3N4O2. The maximum absolute atomic E-state index is 12.7. The summed E-state index contributed by atoms with van der Waals surface area (Å²) < 4.78 is 38.2. The third-order valence-corrected chi connectivity index (χ3v) is 3.52. The van der Waals surface area contributed by atoms with Crippen LogP contribution in [0.1, 0.15) is 27.0 Å². The van der Waals surface area contributed by atoms with Gasteiger partial charge in [-0.2, -0.15) is 13.2 Å². The lowest BCUT2D eigenvalue weighted by Gasteiger charge is -2.12. The minimum atomic E-state index is -4.59. The summed E-state index contributed by atoms with van der Waals surface area (Å²) in [7, 11) is 0. The zero-order chi connectivity index (χ0) is 19.3. The molecule has 0 bridgehead atoms. The lowest BCUT2D eigenvalue weighted by molar-refractivity contribution is -0.137. The second-order valence-corrected chi connectivity index (χ2v) is 5.45. The Hall–Kier alpha value is -3.10. The van der Waals surface area contributed by atoms with Gasteiger partial charge in [0.2, 0.25) is 11.8 Å². The van der Waals surface area contributed by atoms with E-state index < -0.39 is 23.6 Å². The number of carbonyl (C=O) groups excluding carboxylic acids is 2. The van der Waals surface area contributed by atoms with Gasteiger partial charge in [-0.15, -0.1) is 0 Å². The lowest BCUT2D eigenvalue weighted by Crippen LogP contribution is -2.24. The number of benzene rings is 1. The topological polar surface area (TPSA) is 111 Å². The number of aromatic nitrogens is 1. The van der Waals surface area contributed by atoms with Gasteiger partial charge >= 0.3 is 6.18 Å². The van der Waals surface area contributed by atoms with E-state index >= 15 is 0 Å². The van der Waals surface area contributed by atoms with Crippen LogP contribution in [0.25, 0.3) is 0 Å². The second kappa shape index (κ2) is 7.85. The number of rotatable bonds is 6. The number of amides is 2. The Bertz CT molecular complexity index is 805. The van der Waals surface area contributed by atoms with Gasteiger partial charge in [0.25, 0.3) is 0 Å². The number of nitrogen functional groups attached to an aromatic ring is 1. The van der Waals surface area contributed by atoms with Crippen molar-refractivity contribution < 1.29 is 22.8 Å². The van der Waals surface area contributed by atoms with Crippen molar-refractivity contribution in [3.05, 3.63) is 65.2 Å². The van der Waals surface area contributed by atoms with Crippen LogP contribution in [0, 0.1) is 6.42 Å². The number of alkyl halides is 3. The molecule has 2 aromatic rings. The monoisotopic (exact) mass is 365 g/mol. The molecule has 0 aliphatic rings. The molecule has 0 atom stereocenters. The molecule has 0 fully saturated rings. The van der Waals surface area contributed by atoms with Crippen molar-refractivity contribution in [2.75, 3.05) is 5.73 Å². The largest absolute Gasteiger partial charge is 0.416 e. The van der Waals surface area contributed by atoms with E-state index in [0.717, 1.165) is 17.7 Å². The highest BCUT2D eigenvalue weighted by Gasteiger charge is 2.31. The molecule has 2 rings (SSSR count). The van der Waals surface area contributed by atoms with E-state index in [4.69, 9.17) is 11.5 Å². The average molecular weight is 365 g/mol. The van der Waals surface area contributed by atoms with Crippen LogP contribution in [0.5, 0.6) is 0 Å². The molecule has 0 saturated heterocycles. The first-order valence-electron chi connectivity index (χ1n) is 7.48. The zero-order valence-corrected chi connectivity index (χ0v) is 13.5. The van der Waals surface area contributed by atoms with Gasteiger partial charge < -0.3 is 16.8 Å². The Morgan fingerprint density at radius 2 is 1.92 bits per heavy atom. The molecule has 6 nitrogen and oxygen atoms in total. The molecule has 1 heterocycles. The Kier molecular flexibility index (Phi) is 5.81. The minimum absolute atomic E-state index is 0.0395. The summed E-state index contributed by atoms with van der Waals surface area (Å²) in [6.45, 7) is 0.207. The third-order valence-electron chi connectivity index (χ3n) is 3.52. The highest BCUT2D eigenvalue weighted by molar-refractivity contribution is 5.95. The highest BCUT2D eigenvalue weighted by Crippen LogP contribution is 2.30. The predicted molar refractivity (Wildman–Crippen MR) is 88.5 cm³/mol. The van der Waals surface area contributed by atoms with E-state index in [0.29, 0.717) is 11.9 Å². The summed E-state index contributed by atoms with van der Waals surface area (Å²) in [5.41, 5.74) is 10.3. The van der Waals surface area contributed by atoms with Crippen molar-refractivity contribution in [3.8, 4) is 0 Å². The number of halogens is 3. The number of primary amides is 1. The average Bonchev–Trinajstić information content (AvgIpc) is 2.58. The van der Waals surface area contributed by atoms with Crippen molar-refractivity contribution >= 4 is 17.6 Å². The van der Waals surface area contributed by atoms with Gasteiger partial charge in [-0.1, -0.05) is 12.1 Å². The Balaban J connectivity index is 1.98. The Morgan fingerprint density at radius 1 is 1.19 bits per heavy atom. The number of nitrogens with two attached hydrogens (primary N) is 2.